The van der Waals surface area contributed by atoms with Crippen molar-refractivity contribution >= 4 is 0 Å². The van der Waals surface area contributed by atoms with Gasteiger partial charge in [-0.05, 0) is 36.5 Å². The van der Waals surface area contributed by atoms with Gasteiger partial charge in [-0.2, -0.15) is 5.26 Å². The molecule has 0 aromatic carbocycles. The third-order valence-electron chi connectivity index (χ3n) is 2.99. The molecule has 1 aromatic heterocycles. The molecule has 0 amide bonds. The topological polar surface area (TPSA) is 39.9 Å². The van der Waals surface area contributed by atoms with Crippen molar-refractivity contribution in [3.63, 3.8) is 0 Å². The molecule has 2 rings (SSSR count). The molecule has 1 fully saturated rings. The summed E-state index contributed by atoms with van der Waals surface area (Å²) in [6.45, 7) is 6.58. The van der Waals surface area contributed by atoms with E-state index in [1.165, 1.54) is 18.4 Å². The number of nitrogens with zero attached hydrogens (tertiary/aromatic N) is 3. The summed E-state index contributed by atoms with van der Waals surface area (Å²) in [4.78, 5) is 6.54. The second-order valence-corrected chi connectivity index (χ2v) is 5.22. The van der Waals surface area contributed by atoms with E-state index in [-0.39, 0.29) is 0 Å². The van der Waals surface area contributed by atoms with Crippen molar-refractivity contribution < 1.29 is 0 Å². The molecule has 0 atom stereocenters. The van der Waals surface area contributed by atoms with E-state index in [4.69, 9.17) is 5.26 Å². The fourth-order valence-corrected chi connectivity index (χ4v) is 2.12. The van der Waals surface area contributed by atoms with E-state index >= 15 is 0 Å². The molecular weight excluding hydrogens is 210 g/mol. The van der Waals surface area contributed by atoms with Crippen LogP contribution in [0.25, 0.3) is 0 Å². The molecular formula is C14H19N3. The van der Waals surface area contributed by atoms with E-state index < -0.39 is 0 Å². The van der Waals surface area contributed by atoms with Gasteiger partial charge in [0, 0.05) is 25.3 Å². The van der Waals surface area contributed by atoms with Gasteiger partial charge in [0.15, 0.2) is 0 Å². The lowest BCUT2D eigenvalue weighted by Gasteiger charge is -2.24. The Morgan fingerprint density at radius 2 is 2.29 bits per heavy atom. The van der Waals surface area contributed by atoms with Crippen LogP contribution in [0, 0.1) is 17.2 Å². The highest BCUT2D eigenvalue weighted by Crippen LogP contribution is 2.29. The zero-order chi connectivity index (χ0) is 12.3. The van der Waals surface area contributed by atoms with Crippen molar-refractivity contribution in [1.82, 2.24) is 9.88 Å². The first-order valence-electron chi connectivity index (χ1n) is 6.28. The van der Waals surface area contributed by atoms with Crippen LogP contribution in [-0.4, -0.2) is 22.5 Å². The maximum absolute atomic E-state index is 8.84. The number of nitriles is 1. The summed E-state index contributed by atoms with van der Waals surface area (Å²) >= 11 is 0. The minimum absolute atomic E-state index is 0.516. The second-order valence-electron chi connectivity index (χ2n) is 5.22. The van der Waals surface area contributed by atoms with Crippen molar-refractivity contribution in [1.29, 1.82) is 5.26 Å². The highest BCUT2D eigenvalue weighted by Gasteiger charge is 2.29. The van der Waals surface area contributed by atoms with E-state index in [1.54, 1.807) is 6.20 Å². The minimum atomic E-state index is 0.516. The highest BCUT2D eigenvalue weighted by molar-refractivity contribution is 5.25. The van der Waals surface area contributed by atoms with Crippen molar-refractivity contribution in [3.05, 3.63) is 29.6 Å². The van der Waals surface area contributed by atoms with Crippen LogP contribution in [0.1, 0.15) is 37.9 Å². The van der Waals surface area contributed by atoms with Crippen LogP contribution >= 0.6 is 0 Å². The van der Waals surface area contributed by atoms with Crippen molar-refractivity contribution in [2.24, 2.45) is 5.92 Å². The molecule has 1 heterocycles. The van der Waals surface area contributed by atoms with Gasteiger partial charge in [0.1, 0.15) is 11.8 Å². The number of pyridine rings is 1. The van der Waals surface area contributed by atoms with E-state index in [0.717, 1.165) is 19.1 Å². The standard InChI is InChI=1S/C14H19N3/c1-11(2)9-17(14-3-4-14)10-12-5-6-16-13(7-12)8-15/h5-7,11,14H,3-4,9-10H2,1-2H3. The van der Waals surface area contributed by atoms with Gasteiger partial charge in [0.05, 0.1) is 0 Å². The summed E-state index contributed by atoms with van der Waals surface area (Å²) in [6, 6.07) is 6.77. The molecule has 17 heavy (non-hydrogen) atoms. The average molecular weight is 229 g/mol. The minimum Gasteiger partial charge on any atom is -0.296 e. The smallest absolute Gasteiger partial charge is 0.140 e. The molecule has 1 aromatic rings. The third-order valence-corrected chi connectivity index (χ3v) is 2.99. The molecule has 0 saturated heterocycles. The first-order chi connectivity index (χ1) is 8.19. The zero-order valence-corrected chi connectivity index (χ0v) is 10.6. The normalized spacial score (nSPS) is 15.2. The first kappa shape index (κ1) is 12.1. The molecule has 1 aliphatic carbocycles. The van der Waals surface area contributed by atoms with Gasteiger partial charge >= 0.3 is 0 Å². The first-order valence-corrected chi connectivity index (χ1v) is 6.28. The summed E-state index contributed by atoms with van der Waals surface area (Å²) < 4.78 is 0. The van der Waals surface area contributed by atoms with Crippen LogP contribution in [0.5, 0.6) is 0 Å². The molecule has 90 valence electrons. The van der Waals surface area contributed by atoms with Crippen LogP contribution in [-0.2, 0) is 6.54 Å². The molecule has 1 aliphatic rings. The third kappa shape index (κ3) is 3.54. The van der Waals surface area contributed by atoms with Gasteiger partial charge in [-0.3, -0.25) is 4.90 Å². The highest BCUT2D eigenvalue weighted by atomic mass is 15.2. The molecule has 1 saturated carbocycles. The van der Waals surface area contributed by atoms with E-state index in [2.05, 4.69) is 29.8 Å². The van der Waals surface area contributed by atoms with Gasteiger partial charge in [0.2, 0.25) is 0 Å². The Morgan fingerprint density at radius 1 is 1.53 bits per heavy atom. The zero-order valence-electron chi connectivity index (χ0n) is 10.6. The molecule has 3 nitrogen and oxygen atoms in total. The quantitative estimate of drug-likeness (QED) is 0.779. The molecule has 0 bridgehead atoms. The number of hydrogen-bond donors (Lipinski definition) is 0. The van der Waals surface area contributed by atoms with E-state index in [9.17, 15) is 0 Å². The summed E-state index contributed by atoms with van der Waals surface area (Å²) in [5, 5.41) is 8.84. The van der Waals surface area contributed by atoms with Gasteiger partial charge < -0.3 is 0 Å². The lowest BCUT2D eigenvalue weighted by Crippen LogP contribution is -2.29. The fourth-order valence-electron chi connectivity index (χ4n) is 2.12. The van der Waals surface area contributed by atoms with Crippen LogP contribution < -0.4 is 0 Å². The van der Waals surface area contributed by atoms with Gasteiger partial charge in [-0.15, -0.1) is 0 Å². The average Bonchev–Trinajstić information content (AvgIpc) is 3.12. The Labute approximate surface area is 103 Å². The summed E-state index contributed by atoms with van der Waals surface area (Å²) in [5.74, 6) is 0.688. The maximum Gasteiger partial charge on any atom is 0.140 e. The van der Waals surface area contributed by atoms with Crippen LogP contribution in [0.2, 0.25) is 0 Å². The fraction of sp³-hybridized carbons (Fsp3) is 0.571. The van der Waals surface area contributed by atoms with Crippen molar-refractivity contribution in [2.45, 2.75) is 39.3 Å². The summed E-state index contributed by atoms with van der Waals surface area (Å²) in [5.41, 5.74) is 1.71. The Balaban J connectivity index is 2.03. The van der Waals surface area contributed by atoms with Crippen molar-refractivity contribution in [3.8, 4) is 6.07 Å². The monoisotopic (exact) mass is 229 g/mol. The number of rotatable bonds is 5. The van der Waals surface area contributed by atoms with Gasteiger partial charge in [-0.1, -0.05) is 13.8 Å². The Hall–Kier alpha value is -1.40. The molecule has 3 heteroatoms. The number of aromatic nitrogens is 1. The Bertz CT molecular complexity index is 416. The number of hydrogen-bond acceptors (Lipinski definition) is 3. The second kappa shape index (κ2) is 5.29. The van der Waals surface area contributed by atoms with Crippen LogP contribution in [0.15, 0.2) is 18.3 Å². The summed E-state index contributed by atoms with van der Waals surface area (Å²) in [7, 11) is 0. The van der Waals surface area contributed by atoms with Crippen molar-refractivity contribution in [2.75, 3.05) is 6.54 Å². The lowest BCUT2D eigenvalue weighted by molar-refractivity contribution is 0.226. The molecule has 0 radical (unpaired) electrons. The maximum atomic E-state index is 8.84. The van der Waals surface area contributed by atoms with Crippen LogP contribution in [0.3, 0.4) is 0 Å². The van der Waals surface area contributed by atoms with Gasteiger partial charge in [-0.25, -0.2) is 4.98 Å². The van der Waals surface area contributed by atoms with Gasteiger partial charge in [0.25, 0.3) is 0 Å². The largest absolute Gasteiger partial charge is 0.296 e. The molecule has 0 N–H and O–H groups in total. The SMILES string of the molecule is CC(C)CN(Cc1ccnc(C#N)c1)C1CC1. The molecule has 0 unspecified atom stereocenters. The predicted molar refractivity (Wildman–Crippen MR) is 67.2 cm³/mol. The van der Waals surface area contributed by atoms with Crippen LogP contribution in [0.4, 0.5) is 0 Å². The van der Waals surface area contributed by atoms with E-state index in [1.807, 2.05) is 12.1 Å². The summed E-state index contributed by atoms with van der Waals surface area (Å²) in [6.07, 6.45) is 4.38. The lowest BCUT2D eigenvalue weighted by atomic mass is 10.1. The predicted octanol–water partition coefficient (Wildman–Crippen LogP) is 2.57. The Morgan fingerprint density at radius 3 is 2.88 bits per heavy atom. The molecule has 0 aliphatic heterocycles. The van der Waals surface area contributed by atoms with E-state index in [0.29, 0.717) is 11.6 Å². The Kier molecular flexibility index (Phi) is 3.75. The molecule has 0 spiro atoms.